The van der Waals surface area contributed by atoms with E-state index in [0.29, 0.717) is 6.42 Å². The van der Waals surface area contributed by atoms with Gasteiger partial charge in [-0.3, -0.25) is 4.79 Å². The SMILES string of the molecule is CCC(C)(C#N)N=NC(C)(C#N)CC(=O)OC.CON1C(C)(C)CCCC1(C)C. The normalized spacial score (nSPS) is 22.2. The van der Waals surface area contributed by atoms with Gasteiger partial charge in [-0.2, -0.15) is 25.8 Å². The Morgan fingerprint density at radius 2 is 1.48 bits per heavy atom. The van der Waals surface area contributed by atoms with Crippen molar-refractivity contribution in [2.75, 3.05) is 14.2 Å². The summed E-state index contributed by atoms with van der Waals surface area (Å²) in [7, 11) is 3.01. The molecule has 1 rings (SSSR count). The van der Waals surface area contributed by atoms with Gasteiger partial charge in [0, 0.05) is 11.1 Å². The highest BCUT2D eigenvalue weighted by Crippen LogP contribution is 2.37. The van der Waals surface area contributed by atoms with Crippen LogP contribution in [0, 0.1) is 22.7 Å². The highest BCUT2D eigenvalue weighted by Gasteiger charge is 2.41. The summed E-state index contributed by atoms with van der Waals surface area (Å²) in [4.78, 5) is 16.6. The van der Waals surface area contributed by atoms with E-state index in [2.05, 4.69) is 47.7 Å². The minimum absolute atomic E-state index is 0.186. The number of rotatable bonds is 6. The average molecular weight is 408 g/mol. The van der Waals surface area contributed by atoms with E-state index < -0.39 is 17.0 Å². The van der Waals surface area contributed by atoms with Gasteiger partial charge in [0.2, 0.25) is 0 Å². The molecule has 0 saturated carbocycles. The molecule has 0 aliphatic carbocycles. The molecule has 2 unspecified atom stereocenters. The Hall–Kier alpha value is -2.03. The van der Waals surface area contributed by atoms with Crippen molar-refractivity contribution in [3.8, 4) is 12.1 Å². The van der Waals surface area contributed by atoms with Crippen molar-refractivity contribution >= 4 is 5.97 Å². The Balaban J connectivity index is 0.000000571. The van der Waals surface area contributed by atoms with Gasteiger partial charge in [0.1, 0.15) is 0 Å². The molecule has 0 bridgehead atoms. The molecule has 1 aliphatic heterocycles. The number of piperidine rings is 1. The zero-order chi connectivity index (χ0) is 22.9. The van der Waals surface area contributed by atoms with E-state index in [-0.39, 0.29) is 17.5 Å². The molecule has 1 heterocycles. The number of ether oxygens (including phenoxy) is 1. The monoisotopic (exact) mass is 407 g/mol. The van der Waals surface area contributed by atoms with Crippen LogP contribution in [0.2, 0.25) is 0 Å². The number of nitrogens with zero attached hydrogens (tertiary/aromatic N) is 5. The number of esters is 1. The molecule has 1 fully saturated rings. The molecule has 0 aromatic rings. The van der Waals surface area contributed by atoms with Crippen LogP contribution in [0.5, 0.6) is 0 Å². The first-order chi connectivity index (χ1) is 13.2. The number of carbonyl (C=O) groups excluding carboxylic acids is 1. The largest absolute Gasteiger partial charge is 0.469 e. The Morgan fingerprint density at radius 3 is 1.79 bits per heavy atom. The van der Waals surface area contributed by atoms with Gasteiger partial charge in [-0.15, -0.1) is 0 Å². The summed E-state index contributed by atoms with van der Waals surface area (Å²) in [5.41, 5.74) is -1.87. The zero-order valence-corrected chi connectivity index (χ0v) is 19.5. The Kier molecular flexibility index (Phi) is 9.92. The van der Waals surface area contributed by atoms with Crippen LogP contribution in [0.3, 0.4) is 0 Å². The van der Waals surface area contributed by atoms with E-state index in [1.807, 2.05) is 12.1 Å². The lowest BCUT2D eigenvalue weighted by Crippen LogP contribution is -2.57. The average Bonchev–Trinajstić information content (AvgIpc) is 2.65. The molecule has 164 valence electrons. The lowest BCUT2D eigenvalue weighted by atomic mass is 9.82. The summed E-state index contributed by atoms with van der Waals surface area (Å²) in [6, 6.07) is 3.90. The molecule has 0 amide bonds. The molecule has 0 aromatic heterocycles. The number of nitriles is 2. The van der Waals surface area contributed by atoms with Crippen molar-refractivity contribution in [2.45, 2.75) is 103 Å². The van der Waals surface area contributed by atoms with E-state index in [4.69, 9.17) is 15.4 Å². The minimum atomic E-state index is -1.29. The summed E-state index contributed by atoms with van der Waals surface area (Å²) in [5.74, 6) is -0.539. The first-order valence-corrected chi connectivity index (χ1v) is 9.92. The number of carbonyl (C=O) groups is 1. The summed E-state index contributed by atoms with van der Waals surface area (Å²) >= 11 is 0. The van der Waals surface area contributed by atoms with Gasteiger partial charge in [-0.05, 0) is 67.2 Å². The third-order valence-corrected chi connectivity index (χ3v) is 5.24. The maximum absolute atomic E-state index is 11.1. The van der Waals surface area contributed by atoms with Gasteiger partial charge in [0.25, 0.3) is 0 Å². The smallest absolute Gasteiger partial charge is 0.309 e. The number of hydroxylamine groups is 2. The van der Waals surface area contributed by atoms with Crippen molar-refractivity contribution in [3.63, 3.8) is 0 Å². The standard InChI is InChI=1S/C11H16N4O2.C10H21NO/c1-5-10(2,7-12)14-15-11(3,8-13)6-9(16)17-4;1-9(2)7-6-8-10(3,4)11(9)12-5/h5-6H2,1-4H3;6-8H2,1-5H3. The van der Waals surface area contributed by atoms with Gasteiger partial charge in [0.05, 0.1) is 32.8 Å². The number of methoxy groups -OCH3 is 1. The van der Waals surface area contributed by atoms with Crippen LogP contribution in [0.1, 0.15) is 80.6 Å². The first-order valence-electron chi connectivity index (χ1n) is 9.92. The zero-order valence-electron chi connectivity index (χ0n) is 19.5. The summed E-state index contributed by atoms with van der Waals surface area (Å²) < 4.78 is 4.48. The fourth-order valence-electron chi connectivity index (χ4n) is 3.31. The number of hydrogen-bond donors (Lipinski definition) is 0. The maximum atomic E-state index is 11.1. The first kappa shape index (κ1) is 27.0. The van der Waals surface area contributed by atoms with Crippen molar-refractivity contribution in [1.82, 2.24) is 5.06 Å². The second kappa shape index (κ2) is 10.7. The van der Waals surface area contributed by atoms with Crippen LogP contribution >= 0.6 is 0 Å². The van der Waals surface area contributed by atoms with Crippen molar-refractivity contribution in [1.29, 1.82) is 10.5 Å². The molecular formula is C21H37N5O3. The molecule has 2 atom stereocenters. The molecule has 0 N–H and O–H groups in total. The van der Waals surface area contributed by atoms with Crippen molar-refractivity contribution in [2.24, 2.45) is 10.2 Å². The van der Waals surface area contributed by atoms with Gasteiger partial charge in [-0.25, -0.2) is 0 Å². The number of hydrogen-bond acceptors (Lipinski definition) is 8. The van der Waals surface area contributed by atoms with Crippen LogP contribution in [0.4, 0.5) is 0 Å². The third-order valence-electron chi connectivity index (χ3n) is 5.24. The minimum Gasteiger partial charge on any atom is -0.469 e. The molecule has 0 radical (unpaired) electrons. The predicted molar refractivity (Wildman–Crippen MR) is 111 cm³/mol. The van der Waals surface area contributed by atoms with Gasteiger partial charge in [0.15, 0.2) is 11.1 Å². The van der Waals surface area contributed by atoms with Crippen LogP contribution in [-0.2, 0) is 14.4 Å². The van der Waals surface area contributed by atoms with Gasteiger partial charge >= 0.3 is 5.97 Å². The van der Waals surface area contributed by atoms with Crippen LogP contribution in [0.15, 0.2) is 10.2 Å². The van der Waals surface area contributed by atoms with Gasteiger partial charge in [-0.1, -0.05) is 6.92 Å². The molecule has 0 aromatic carbocycles. The number of azo groups is 1. The van der Waals surface area contributed by atoms with E-state index in [1.165, 1.54) is 33.3 Å². The molecule has 29 heavy (non-hydrogen) atoms. The second-order valence-electron chi connectivity index (χ2n) is 9.03. The topological polar surface area (TPSA) is 111 Å². The summed E-state index contributed by atoms with van der Waals surface area (Å²) in [6.45, 7) is 13.9. The predicted octanol–water partition coefficient (Wildman–Crippen LogP) is 4.57. The van der Waals surface area contributed by atoms with Crippen molar-refractivity contribution < 1.29 is 14.4 Å². The maximum Gasteiger partial charge on any atom is 0.309 e. The third kappa shape index (κ3) is 8.08. The summed E-state index contributed by atoms with van der Waals surface area (Å²) in [5, 5.41) is 27.7. The molecule has 8 heteroatoms. The Labute approximate surface area is 175 Å². The molecule has 1 saturated heterocycles. The Morgan fingerprint density at radius 1 is 1.03 bits per heavy atom. The van der Waals surface area contributed by atoms with Crippen molar-refractivity contribution in [3.05, 3.63) is 0 Å². The molecule has 1 aliphatic rings. The van der Waals surface area contributed by atoms with Crippen LogP contribution < -0.4 is 0 Å². The molecule has 8 nitrogen and oxygen atoms in total. The van der Waals surface area contributed by atoms with E-state index in [9.17, 15) is 4.79 Å². The quantitative estimate of drug-likeness (QED) is 0.471. The van der Waals surface area contributed by atoms with E-state index >= 15 is 0 Å². The molecular weight excluding hydrogens is 370 g/mol. The van der Waals surface area contributed by atoms with E-state index in [0.717, 1.165) is 0 Å². The highest BCUT2D eigenvalue weighted by molar-refractivity contribution is 5.71. The fourth-order valence-corrected chi connectivity index (χ4v) is 3.31. The second-order valence-corrected chi connectivity index (χ2v) is 9.03. The molecule has 0 spiro atoms. The summed E-state index contributed by atoms with van der Waals surface area (Å²) in [6.07, 6.45) is 4.05. The van der Waals surface area contributed by atoms with E-state index in [1.54, 1.807) is 21.0 Å². The van der Waals surface area contributed by atoms with Crippen LogP contribution in [-0.4, -0.2) is 47.4 Å². The van der Waals surface area contributed by atoms with Gasteiger partial charge < -0.3 is 9.57 Å². The lowest BCUT2D eigenvalue weighted by molar-refractivity contribution is -0.263. The lowest BCUT2D eigenvalue weighted by Gasteiger charge is -2.50. The Bertz CT molecular complexity index is 646. The highest BCUT2D eigenvalue weighted by atomic mass is 16.7. The fraction of sp³-hybridized carbons (Fsp3) is 0.857. The van der Waals surface area contributed by atoms with Crippen LogP contribution in [0.25, 0.3) is 0 Å².